The molecular formula is C10H10FNO2. The van der Waals surface area contributed by atoms with Crippen LogP contribution in [0.1, 0.15) is 13.3 Å². The number of fused-ring (bicyclic) bond motifs is 1. The fraction of sp³-hybridized carbons (Fsp3) is 0.300. The Hall–Kier alpha value is -1.58. The van der Waals surface area contributed by atoms with Crippen LogP contribution in [0.25, 0.3) is 0 Å². The van der Waals surface area contributed by atoms with E-state index in [2.05, 4.69) is 5.32 Å². The molecule has 14 heavy (non-hydrogen) atoms. The molecule has 3 nitrogen and oxygen atoms in total. The van der Waals surface area contributed by atoms with E-state index in [4.69, 9.17) is 4.74 Å². The molecule has 4 heteroatoms. The highest BCUT2D eigenvalue weighted by molar-refractivity contribution is 5.97. The normalized spacial score (nSPS) is 19.6. The summed E-state index contributed by atoms with van der Waals surface area (Å²) in [5, 5.41) is 2.60. The number of nitrogens with one attached hydrogen (secondary N) is 1. The Kier molecular flexibility index (Phi) is 2.11. The van der Waals surface area contributed by atoms with Gasteiger partial charge in [-0.15, -0.1) is 0 Å². The van der Waals surface area contributed by atoms with Gasteiger partial charge >= 0.3 is 0 Å². The molecular weight excluding hydrogens is 185 g/mol. The van der Waals surface area contributed by atoms with E-state index in [9.17, 15) is 9.18 Å². The van der Waals surface area contributed by atoms with Crippen LogP contribution in [0.3, 0.4) is 0 Å². The predicted molar refractivity (Wildman–Crippen MR) is 49.7 cm³/mol. The quantitative estimate of drug-likeness (QED) is 0.743. The first-order chi connectivity index (χ1) is 6.70. The summed E-state index contributed by atoms with van der Waals surface area (Å²) in [4.78, 5) is 11.3. The zero-order valence-electron chi connectivity index (χ0n) is 7.71. The second kappa shape index (κ2) is 3.29. The van der Waals surface area contributed by atoms with Crippen LogP contribution in [-0.2, 0) is 4.79 Å². The third kappa shape index (κ3) is 1.43. The van der Waals surface area contributed by atoms with E-state index in [1.165, 1.54) is 18.2 Å². The number of carbonyl (C=O) groups is 1. The van der Waals surface area contributed by atoms with Crippen LogP contribution < -0.4 is 10.1 Å². The number of ether oxygens (including phenoxy) is 1. The molecule has 0 saturated heterocycles. The van der Waals surface area contributed by atoms with E-state index in [1.807, 2.05) is 6.92 Å². The topological polar surface area (TPSA) is 38.3 Å². The van der Waals surface area contributed by atoms with Crippen molar-refractivity contribution in [3.63, 3.8) is 0 Å². The van der Waals surface area contributed by atoms with Gasteiger partial charge in [0.25, 0.3) is 5.91 Å². The van der Waals surface area contributed by atoms with Crippen molar-refractivity contribution in [2.45, 2.75) is 19.4 Å². The SMILES string of the molecule is CCC1Oc2ccc(F)cc2NC1=O. The molecule has 1 aliphatic heterocycles. The molecule has 0 aromatic heterocycles. The lowest BCUT2D eigenvalue weighted by Crippen LogP contribution is -2.36. The molecule has 1 aromatic carbocycles. The molecule has 1 aromatic rings. The van der Waals surface area contributed by atoms with Gasteiger partial charge in [0.2, 0.25) is 0 Å². The highest BCUT2D eigenvalue weighted by atomic mass is 19.1. The first-order valence-corrected chi connectivity index (χ1v) is 4.47. The Morgan fingerprint density at radius 1 is 1.57 bits per heavy atom. The van der Waals surface area contributed by atoms with Crippen LogP contribution in [0.2, 0.25) is 0 Å². The van der Waals surface area contributed by atoms with Gasteiger partial charge in [-0.2, -0.15) is 0 Å². The fourth-order valence-corrected chi connectivity index (χ4v) is 1.39. The zero-order valence-corrected chi connectivity index (χ0v) is 7.71. The number of carbonyl (C=O) groups excluding carboxylic acids is 1. The highest BCUT2D eigenvalue weighted by Crippen LogP contribution is 2.30. The van der Waals surface area contributed by atoms with Gasteiger partial charge in [-0.25, -0.2) is 4.39 Å². The van der Waals surface area contributed by atoms with Crippen molar-refractivity contribution in [1.82, 2.24) is 0 Å². The Morgan fingerprint density at radius 3 is 3.07 bits per heavy atom. The smallest absolute Gasteiger partial charge is 0.265 e. The fourth-order valence-electron chi connectivity index (χ4n) is 1.39. The maximum Gasteiger partial charge on any atom is 0.265 e. The maximum absolute atomic E-state index is 12.8. The van der Waals surface area contributed by atoms with E-state index in [0.717, 1.165) is 0 Å². The van der Waals surface area contributed by atoms with Gasteiger partial charge in [0.05, 0.1) is 5.69 Å². The van der Waals surface area contributed by atoms with Gasteiger partial charge in [-0.05, 0) is 18.6 Å². The van der Waals surface area contributed by atoms with Gasteiger partial charge in [0.15, 0.2) is 6.10 Å². The Bertz CT molecular complexity index is 378. The summed E-state index contributed by atoms with van der Waals surface area (Å²) in [5.41, 5.74) is 0.403. The minimum absolute atomic E-state index is 0.217. The molecule has 0 aliphatic carbocycles. The highest BCUT2D eigenvalue weighted by Gasteiger charge is 2.25. The molecule has 0 saturated carbocycles. The second-order valence-corrected chi connectivity index (χ2v) is 3.14. The molecule has 1 aliphatic rings. The lowest BCUT2D eigenvalue weighted by Gasteiger charge is -2.24. The summed E-state index contributed by atoms with van der Waals surface area (Å²) in [6.45, 7) is 1.86. The van der Waals surface area contributed by atoms with Gasteiger partial charge in [0.1, 0.15) is 11.6 Å². The number of hydrogen-bond acceptors (Lipinski definition) is 2. The van der Waals surface area contributed by atoms with Gasteiger partial charge < -0.3 is 10.1 Å². The number of benzene rings is 1. The van der Waals surface area contributed by atoms with Crippen LogP contribution in [0.15, 0.2) is 18.2 Å². The summed E-state index contributed by atoms with van der Waals surface area (Å²) in [6, 6.07) is 4.08. The summed E-state index contributed by atoms with van der Waals surface area (Å²) in [6.07, 6.45) is 0.135. The van der Waals surface area contributed by atoms with Gasteiger partial charge in [0, 0.05) is 6.07 Å². The van der Waals surface area contributed by atoms with E-state index in [0.29, 0.717) is 17.9 Å². The zero-order chi connectivity index (χ0) is 10.1. The molecule has 1 amide bonds. The van der Waals surface area contributed by atoms with Crippen LogP contribution in [0.5, 0.6) is 5.75 Å². The summed E-state index contributed by atoms with van der Waals surface area (Å²) in [5.74, 6) is -0.0777. The Morgan fingerprint density at radius 2 is 2.36 bits per heavy atom. The van der Waals surface area contributed by atoms with Crippen LogP contribution in [0.4, 0.5) is 10.1 Å². The third-order valence-corrected chi connectivity index (χ3v) is 2.13. The molecule has 2 rings (SSSR count). The monoisotopic (exact) mass is 195 g/mol. The van der Waals surface area contributed by atoms with Crippen LogP contribution in [-0.4, -0.2) is 12.0 Å². The van der Waals surface area contributed by atoms with Gasteiger partial charge in [-0.1, -0.05) is 6.92 Å². The molecule has 74 valence electrons. The molecule has 0 fully saturated rings. The third-order valence-electron chi connectivity index (χ3n) is 2.13. The van der Waals surface area contributed by atoms with Crippen molar-refractivity contribution < 1.29 is 13.9 Å². The summed E-state index contributed by atoms with van der Waals surface area (Å²) >= 11 is 0. The summed E-state index contributed by atoms with van der Waals surface area (Å²) in [7, 11) is 0. The predicted octanol–water partition coefficient (Wildman–Crippen LogP) is 1.94. The largest absolute Gasteiger partial charge is 0.478 e. The van der Waals surface area contributed by atoms with Crippen molar-refractivity contribution in [3.05, 3.63) is 24.0 Å². The molecule has 0 bridgehead atoms. The van der Waals surface area contributed by atoms with E-state index in [-0.39, 0.29) is 11.7 Å². The minimum Gasteiger partial charge on any atom is -0.478 e. The molecule has 0 radical (unpaired) electrons. The molecule has 1 N–H and O–H groups in total. The van der Waals surface area contributed by atoms with E-state index in [1.54, 1.807) is 0 Å². The van der Waals surface area contributed by atoms with E-state index >= 15 is 0 Å². The van der Waals surface area contributed by atoms with Gasteiger partial charge in [-0.3, -0.25) is 4.79 Å². The minimum atomic E-state index is -0.465. The molecule has 0 spiro atoms. The number of rotatable bonds is 1. The van der Waals surface area contributed by atoms with Crippen LogP contribution >= 0.6 is 0 Å². The first kappa shape index (κ1) is 8.99. The van der Waals surface area contributed by atoms with Crippen molar-refractivity contribution in [2.75, 3.05) is 5.32 Å². The van der Waals surface area contributed by atoms with Crippen molar-refractivity contribution in [2.24, 2.45) is 0 Å². The lowest BCUT2D eigenvalue weighted by molar-refractivity contribution is -0.123. The number of amides is 1. The molecule has 1 unspecified atom stereocenters. The van der Waals surface area contributed by atoms with Crippen molar-refractivity contribution >= 4 is 11.6 Å². The number of halogens is 1. The lowest BCUT2D eigenvalue weighted by atomic mass is 10.2. The average Bonchev–Trinajstić information content (AvgIpc) is 2.16. The molecule has 1 atom stereocenters. The maximum atomic E-state index is 12.8. The Labute approximate surface area is 80.9 Å². The molecule has 1 heterocycles. The average molecular weight is 195 g/mol. The van der Waals surface area contributed by atoms with Crippen molar-refractivity contribution in [1.29, 1.82) is 0 Å². The number of hydrogen-bond donors (Lipinski definition) is 1. The van der Waals surface area contributed by atoms with Crippen molar-refractivity contribution in [3.8, 4) is 5.75 Å². The Balaban J connectivity index is 2.35. The number of anilines is 1. The van der Waals surface area contributed by atoms with E-state index < -0.39 is 6.10 Å². The van der Waals surface area contributed by atoms with Crippen LogP contribution in [0, 0.1) is 5.82 Å². The first-order valence-electron chi connectivity index (χ1n) is 4.47. The second-order valence-electron chi connectivity index (χ2n) is 3.14. The summed E-state index contributed by atoms with van der Waals surface area (Å²) < 4.78 is 18.2. The standard InChI is InChI=1S/C10H10FNO2/c1-2-8-10(13)12-7-5-6(11)3-4-9(7)14-8/h3-5,8H,2H2,1H3,(H,12,13).